The third-order valence-corrected chi connectivity index (χ3v) is 7.32. The number of anilines is 1. The van der Waals surface area contributed by atoms with E-state index in [1.165, 1.54) is 9.87 Å². The molecule has 0 atom stereocenters. The SMILES string of the molecule is CCCCc1ccc(NC(=O)CN(Cc2cccc(Cl)c2)S(=O)(=O)c2ccc(C)cc2)cc1. The van der Waals surface area contributed by atoms with Crippen LogP contribution >= 0.6 is 11.6 Å². The summed E-state index contributed by atoms with van der Waals surface area (Å²) in [5.74, 6) is -0.408. The molecule has 33 heavy (non-hydrogen) atoms. The van der Waals surface area contributed by atoms with Gasteiger partial charge >= 0.3 is 0 Å². The van der Waals surface area contributed by atoms with Gasteiger partial charge in [0.25, 0.3) is 0 Å². The molecule has 0 saturated heterocycles. The summed E-state index contributed by atoms with van der Waals surface area (Å²) in [5.41, 5.74) is 3.50. The summed E-state index contributed by atoms with van der Waals surface area (Å²) >= 11 is 6.09. The summed E-state index contributed by atoms with van der Waals surface area (Å²) in [4.78, 5) is 13.0. The average Bonchev–Trinajstić information content (AvgIpc) is 2.78. The van der Waals surface area contributed by atoms with Crippen molar-refractivity contribution in [2.24, 2.45) is 0 Å². The first-order chi connectivity index (χ1) is 15.8. The zero-order valence-electron chi connectivity index (χ0n) is 18.9. The number of nitrogens with one attached hydrogen (secondary N) is 1. The molecule has 0 fully saturated rings. The van der Waals surface area contributed by atoms with Crippen molar-refractivity contribution in [1.29, 1.82) is 0 Å². The van der Waals surface area contributed by atoms with Gasteiger partial charge in [-0.15, -0.1) is 0 Å². The lowest BCUT2D eigenvalue weighted by molar-refractivity contribution is -0.116. The second-order valence-corrected chi connectivity index (χ2v) is 10.4. The molecular weight excluding hydrogens is 456 g/mol. The maximum absolute atomic E-state index is 13.4. The fourth-order valence-corrected chi connectivity index (χ4v) is 5.02. The highest BCUT2D eigenvalue weighted by atomic mass is 35.5. The molecule has 0 aromatic heterocycles. The highest BCUT2D eigenvalue weighted by molar-refractivity contribution is 7.89. The topological polar surface area (TPSA) is 66.5 Å². The third-order valence-electron chi connectivity index (χ3n) is 5.28. The fraction of sp³-hybridized carbons (Fsp3) is 0.269. The van der Waals surface area contributed by atoms with E-state index in [1.807, 2.05) is 31.2 Å². The van der Waals surface area contributed by atoms with Crippen LogP contribution < -0.4 is 5.32 Å². The number of carbonyl (C=O) groups excluding carboxylic acids is 1. The van der Waals surface area contributed by atoms with Crippen LogP contribution in [0.4, 0.5) is 5.69 Å². The first-order valence-electron chi connectivity index (χ1n) is 11.0. The Morgan fingerprint density at radius 2 is 1.67 bits per heavy atom. The van der Waals surface area contributed by atoms with Crippen molar-refractivity contribution < 1.29 is 13.2 Å². The van der Waals surface area contributed by atoms with E-state index in [9.17, 15) is 13.2 Å². The molecule has 1 N–H and O–H groups in total. The molecule has 0 saturated carbocycles. The summed E-state index contributed by atoms with van der Waals surface area (Å²) in [5, 5.41) is 3.32. The molecule has 0 aliphatic rings. The van der Waals surface area contributed by atoms with E-state index in [1.54, 1.807) is 48.5 Å². The van der Waals surface area contributed by atoms with Crippen LogP contribution in [0.15, 0.2) is 77.7 Å². The van der Waals surface area contributed by atoms with Crippen molar-refractivity contribution in [3.63, 3.8) is 0 Å². The average molecular weight is 485 g/mol. The Balaban J connectivity index is 1.79. The number of hydrogen-bond donors (Lipinski definition) is 1. The van der Waals surface area contributed by atoms with E-state index in [-0.39, 0.29) is 18.0 Å². The zero-order chi connectivity index (χ0) is 23.8. The van der Waals surface area contributed by atoms with Crippen molar-refractivity contribution in [3.05, 3.63) is 94.5 Å². The van der Waals surface area contributed by atoms with Crippen molar-refractivity contribution in [3.8, 4) is 0 Å². The number of rotatable bonds is 10. The Bertz CT molecular complexity index is 1180. The van der Waals surface area contributed by atoms with Crippen molar-refractivity contribution in [2.75, 3.05) is 11.9 Å². The zero-order valence-corrected chi connectivity index (χ0v) is 20.5. The van der Waals surface area contributed by atoms with Gasteiger partial charge in [-0.25, -0.2) is 8.42 Å². The van der Waals surface area contributed by atoms with Crippen molar-refractivity contribution in [2.45, 2.75) is 44.6 Å². The molecule has 0 heterocycles. The van der Waals surface area contributed by atoms with Crippen LogP contribution in [-0.4, -0.2) is 25.2 Å². The molecule has 0 unspecified atom stereocenters. The largest absolute Gasteiger partial charge is 0.325 e. The molecule has 3 aromatic carbocycles. The number of sulfonamides is 1. The van der Waals surface area contributed by atoms with E-state index in [4.69, 9.17) is 11.6 Å². The Labute approximate surface area is 201 Å². The first-order valence-corrected chi connectivity index (χ1v) is 12.8. The number of aryl methyl sites for hydroxylation is 2. The van der Waals surface area contributed by atoms with Gasteiger partial charge in [-0.3, -0.25) is 4.79 Å². The molecule has 0 spiro atoms. The number of benzene rings is 3. The maximum atomic E-state index is 13.4. The predicted octanol–water partition coefficient (Wildman–Crippen LogP) is 5.82. The van der Waals surface area contributed by atoms with Gasteiger partial charge in [0, 0.05) is 17.3 Å². The molecule has 3 aromatic rings. The Morgan fingerprint density at radius 3 is 2.30 bits per heavy atom. The molecule has 3 rings (SSSR count). The quantitative estimate of drug-likeness (QED) is 0.394. The standard InChI is InChI=1S/C26H29ClN2O3S/c1-3-4-6-21-11-13-24(14-12-21)28-26(30)19-29(18-22-7-5-8-23(27)17-22)33(31,32)25-15-9-20(2)10-16-25/h5,7-17H,3-4,6,18-19H2,1-2H3,(H,28,30). The van der Waals surface area contributed by atoms with Crippen LogP contribution in [-0.2, 0) is 27.8 Å². The Hall–Kier alpha value is -2.67. The van der Waals surface area contributed by atoms with E-state index in [2.05, 4.69) is 12.2 Å². The van der Waals surface area contributed by atoms with Gasteiger partial charge in [0.15, 0.2) is 0 Å². The summed E-state index contributed by atoms with van der Waals surface area (Å²) < 4.78 is 27.9. The predicted molar refractivity (Wildman–Crippen MR) is 134 cm³/mol. The number of halogens is 1. The first kappa shape index (κ1) is 25.0. The van der Waals surface area contributed by atoms with Gasteiger partial charge in [-0.2, -0.15) is 4.31 Å². The minimum absolute atomic E-state index is 0.0279. The van der Waals surface area contributed by atoms with Crippen LogP contribution in [0.25, 0.3) is 0 Å². The van der Waals surface area contributed by atoms with Gasteiger partial charge in [-0.1, -0.05) is 66.9 Å². The number of hydrogen-bond acceptors (Lipinski definition) is 3. The molecule has 0 bridgehead atoms. The van der Waals surface area contributed by atoms with Gasteiger partial charge < -0.3 is 5.32 Å². The summed E-state index contributed by atoms with van der Waals surface area (Å²) in [7, 11) is -3.90. The van der Waals surface area contributed by atoms with Gasteiger partial charge in [0.1, 0.15) is 0 Å². The number of unbranched alkanes of at least 4 members (excludes halogenated alkanes) is 1. The summed E-state index contributed by atoms with van der Waals surface area (Å²) in [6, 6.07) is 21.2. The highest BCUT2D eigenvalue weighted by Gasteiger charge is 2.27. The van der Waals surface area contributed by atoms with E-state index >= 15 is 0 Å². The van der Waals surface area contributed by atoms with Gasteiger partial charge in [0.2, 0.25) is 15.9 Å². The molecule has 0 radical (unpaired) electrons. The van der Waals surface area contributed by atoms with Crippen LogP contribution in [0.2, 0.25) is 5.02 Å². The second kappa shape index (κ2) is 11.5. The second-order valence-electron chi connectivity index (χ2n) is 8.06. The lowest BCUT2D eigenvalue weighted by Gasteiger charge is -2.22. The van der Waals surface area contributed by atoms with Crippen molar-refractivity contribution in [1.82, 2.24) is 4.31 Å². The highest BCUT2D eigenvalue weighted by Crippen LogP contribution is 2.21. The molecule has 0 aliphatic carbocycles. The molecule has 174 valence electrons. The lowest BCUT2D eigenvalue weighted by Crippen LogP contribution is -2.37. The smallest absolute Gasteiger partial charge is 0.243 e. The number of amides is 1. The van der Waals surface area contributed by atoms with Crippen LogP contribution in [0.1, 0.15) is 36.5 Å². The molecule has 7 heteroatoms. The molecule has 0 aliphatic heterocycles. The summed E-state index contributed by atoms with van der Waals surface area (Å²) in [6.07, 6.45) is 3.23. The molecule has 1 amide bonds. The van der Waals surface area contributed by atoms with Crippen LogP contribution in [0, 0.1) is 6.92 Å². The Morgan fingerprint density at radius 1 is 0.970 bits per heavy atom. The van der Waals surface area contributed by atoms with Gasteiger partial charge in [0.05, 0.1) is 11.4 Å². The third kappa shape index (κ3) is 7.16. The van der Waals surface area contributed by atoms with Crippen LogP contribution in [0.5, 0.6) is 0 Å². The molecular formula is C26H29ClN2O3S. The maximum Gasteiger partial charge on any atom is 0.243 e. The fourth-order valence-electron chi connectivity index (χ4n) is 3.42. The minimum Gasteiger partial charge on any atom is -0.325 e. The van der Waals surface area contributed by atoms with Crippen LogP contribution in [0.3, 0.4) is 0 Å². The Kier molecular flexibility index (Phi) is 8.67. The van der Waals surface area contributed by atoms with E-state index in [0.29, 0.717) is 16.3 Å². The molecule has 5 nitrogen and oxygen atoms in total. The lowest BCUT2D eigenvalue weighted by atomic mass is 10.1. The van der Waals surface area contributed by atoms with Crippen molar-refractivity contribution >= 4 is 33.2 Å². The number of nitrogens with zero attached hydrogens (tertiary/aromatic N) is 1. The number of carbonyl (C=O) groups is 1. The van der Waals surface area contributed by atoms with E-state index in [0.717, 1.165) is 24.8 Å². The summed E-state index contributed by atoms with van der Waals surface area (Å²) in [6.45, 7) is 3.75. The normalized spacial score (nSPS) is 11.5. The van der Waals surface area contributed by atoms with E-state index < -0.39 is 15.9 Å². The monoisotopic (exact) mass is 484 g/mol. The minimum atomic E-state index is -3.90. The van der Waals surface area contributed by atoms with Gasteiger partial charge in [-0.05, 0) is 67.3 Å².